The number of aliphatic hydroxyl groups excluding tert-OH is 1. The van der Waals surface area contributed by atoms with E-state index in [4.69, 9.17) is 4.74 Å². The fourth-order valence-electron chi connectivity index (χ4n) is 3.28. The third kappa shape index (κ3) is 3.62. The molecule has 23 heavy (non-hydrogen) atoms. The van der Waals surface area contributed by atoms with Crippen molar-refractivity contribution in [3.63, 3.8) is 0 Å². The number of anilines is 1. The van der Waals surface area contributed by atoms with E-state index in [0.717, 1.165) is 42.9 Å². The van der Waals surface area contributed by atoms with E-state index in [1.165, 1.54) is 11.1 Å². The van der Waals surface area contributed by atoms with Crippen molar-refractivity contribution in [1.82, 2.24) is 9.97 Å². The zero-order valence-corrected chi connectivity index (χ0v) is 13.7. The van der Waals surface area contributed by atoms with E-state index in [2.05, 4.69) is 27.4 Å². The van der Waals surface area contributed by atoms with Crippen LogP contribution in [0.15, 0.2) is 24.3 Å². The highest BCUT2D eigenvalue weighted by molar-refractivity contribution is 5.43. The number of hydrogen-bond acceptors (Lipinski definition) is 5. The second-order valence-corrected chi connectivity index (χ2v) is 6.00. The molecular weight excluding hydrogens is 290 g/mol. The average Bonchev–Trinajstić information content (AvgIpc) is 2.75. The lowest BCUT2D eigenvalue weighted by Crippen LogP contribution is -2.22. The second kappa shape index (κ2) is 6.96. The third-order valence-electron chi connectivity index (χ3n) is 4.29. The summed E-state index contributed by atoms with van der Waals surface area (Å²) in [4.78, 5) is 8.57. The van der Waals surface area contributed by atoms with Crippen molar-refractivity contribution in [2.24, 2.45) is 0 Å². The van der Waals surface area contributed by atoms with Crippen molar-refractivity contribution in [2.75, 3.05) is 12.4 Å². The maximum absolute atomic E-state index is 9.26. The van der Waals surface area contributed by atoms with Crippen molar-refractivity contribution in [1.29, 1.82) is 0 Å². The van der Waals surface area contributed by atoms with Gasteiger partial charge in [0.15, 0.2) is 5.82 Å². The Hall–Kier alpha value is -2.14. The predicted octanol–water partition coefficient (Wildman–Crippen LogP) is 2.65. The van der Waals surface area contributed by atoms with Gasteiger partial charge in [-0.15, -0.1) is 0 Å². The van der Waals surface area contributed by atoms with Crippen LogP contribution in [0.1, 0.15) is 35.5 Å². The smallest absolute Gasteiger partial charge is 0.156 e. The summed E-state index contributed by atoms with van der Waals surface area (Å²) in [6, 6.07) is 8.52. The topological polar surface area (TPSA) is 67.3 Å². The lowest BCUT2D eigenvalue weighted by atomic mass is 10.0. The monoisotopic (exact) mass is 313 g/mol. The first-order valence-electron chi connectivity index (χ1n) is 8.06. The fourth-order valence-corrected chi connectivity index (χ4v) is 3.28. The maximum Gasteiger partial charge on any atom is 0.156 e. The average molecular weight is 313 g/mol. The summed E-state index contributed by atoms with van der Waals surface area (Å²) in [6.07, 6.45) is 4.18. The molecule has 5 nitrogen and oxygen atoms in total. The first-order chi connectivity index (χ1) is 11.2. The fraction of sp³-hybridized carbons (Fsp3) is 0.444. The molecule has 0 radical (unpaired) electrons. The number of hydrogen-bond donors (Lipinski definition) is 2. The third-order valence-corrected chi connectivity index (χ3v) is 4.29. The number of fused-ring (bicyclic) bond motifs is 1. The molecular formula is C18H23N3O2. The van der Waals surface area contributed by atoms with Crippen LogP contribution in [0.2, 0.25) is 0 Å². The minimum atomic E-state index is -0.138. The van der Waals surface area contributed by atoms with Gasteiger partial charge in [0, 0.05) is 17.8 Å². The van der Waals surface area contributed by atoms with Gasteiger partial charge in [-0.1, -0.05) is 12.1 Å². The molecule has 1 heterocycles. The first-order valence-corrected chi connectivity index (χ1v) is 8.06. The Morgan fingerprint density at radius 3 is 3.00 bits per heavy atom. The number of nitrogens with zero attached hydrogens (tertiary/aromatic N) is 2. The Kier molecular flexibility index (Phi) is 4.76. The Labute approximate surface area is 136 Å². The van der Waals surface area contributed by atoms with Crippen LogP contribution in [0.4, 0.5) is 5.82 Å². The highest BCUT2D eigenvalue weighted by Gasteiger charge is 2.19. The van der Waals surface area contributed by atoms with Gasteiger partial charge in [0.25, 0.3) is 0 Å². The lowest BCUT2D eigenvalue weighted by molar-refractivity contribution is 0.271. The quantitative estimate of drug-likeness (QED) is 0.849. The summed E-state index contributed by atoms with van der Waals surface area (Å²) in [5.74, 6) is 2.24. The second-order valence-electron chi connectivity index (χ2n) is 6.00. The van der Waals surface area contributed by atoms with Crippen LogP contribution in [-0.4, -0.2) is 28.2 Å². The zero-order valence-electron chi connectivity index (χ0n) is 13.7. The van der Waals surface area contributed by atoms with Crippen LogP contribution in [-0.2, 0) is 19.4 Å². The molecule has 0 fully saturated rings. The van der Waals surface area contributed by atoms with Crippen molar-refractivity contribution >= 4 is 5.82 Å². The number of aliphatic hydroxyl groups is 1. The molecule has 1 aliphatic rings. The highest BCUT2D eigenvalue weighted by atomic mass is 16.5. The summed E-state index contributed by atoms with van der Waals surface area (Å²) in [5, 5.41) is 12.8. The van der Waals surface area contributed by atoms with Crippen molar-refractivity contribution in [3.8, 4) is 5.75 Å². The van der Waals surface area contributed by atoms with Crippen LogP contribution in [0, 0.1) is 6.92 Å². The molecule has 2 N–H and O–H groups in total. The number of rotatable bonds is 4. The minimum Gasteiger partial charge on any atom is -0.496 e. The number of methoxy groups -OCH3 is 1. The molecule has 122 valence electrons. The van der Waals surface area contributed by atoms with Crippen molar-refractivity contribution in [3.05, 3.63) is 46.9 Å². The van der Waals surface area contributed by atoms with Gasteiger partial charge < -0.3 is 15.2 Å². The van der Waals surface area contributed by atoms with E-state index in [1.807, 2.05) is 19.1 Å². The van der Waals surface area contributed by atoms with Crippen LogP contribution in [0.3, 0.4) is 0 Å². The molecule has 0 saturated heterocycles. The normalized spacial score (nSPS) is 17.3. The summed E-state index contributed by atoms with van der Waals surface area (Å²) >= 11 is 0. The molecule has 0 bridgehead atoms. The molecule has 1 aromatic carbocycles. The van der Waals surface area contributed by atoms with Gasteiger partial charge in [-0.2, -0.15) is 0 Å². The molecule has 0 aliphatic heterocycles. The van der Waals surface area contributed by atoms with E-state index < -0.39 is 0 Å². The molecule has 0 saturated carbocycles. The van der Waals surface area contributed by atoms with E-state index in [0.29, 0.717) is 11.9 Å². The molecule has 3 rings (SSSR count). The molecule has 2 aromatic rings. The van der Waals surface area contributed by atoms with Gasteiger partial charge >= 0.3 is 0 Å². The van der Waals surface area contributed by atoms with Crippen LogP contribution in [0.25, 0.3) is 0 Å². The Balaban J connectivity index is 1.80. The summed E-state index contributed by atoms with van der Waals surface area (Å²) in [6.45, 7) is 1.78. The lowest BCUT2D eigenvalue weighted by Gasteiger charge is -2.18. The summed E-state index contributed by atoms with van der Waals surface area (Å²) in [5.41, 5.74) is 3.53. The van der Waals surface area contributed by atoms with Gasteiger partial charge in [0.1, 0.15) is 18.2 Å². The first kappa shape index (κ1) is 15.7. The number of benzene rings is 1. The predicted molar refractivity (Wildman–Crippen MR) is 89.7 cm³/mol. The van der Waals surface area contributed by atoms with Gasteiger partial charge in [-0.05, 0) is 49.8 Å². The van der Waals surface area contributed by atoms with Gasteiger partial charge in [0.2, 0.25) is 0 Å². The van der Waals surface area contributed by atoms with E-state index in [-0.39, 0.29) is 6.61 Å². The number of nitrogens with one attached hydrogen (secondary N) is 1. The Bertz CT molecular complexity index is 688. The van der Waals surface area contributed by atoms with E-state index >= 15 is 0 Å². The standard InChI is InChI=1S/C18H23N3O2/c1-12-9-17(21-18(11-22)19-12)20-14-6-4-7-15-13(10-14)5-3-8-16(15)23-2/h3,5,8-9,14,22H,4,6-7,10-11H2,1-2H3,(H,19,20,21). The van der Waals surface area contributed by atoms with Crippen molar-refractivity contribution < 1.29 is 9.84 Å². The number of aryl methyl sites for hydroxylation is 1. The van der Waals surface area contributed by atoms with Gasteiger partial charge in [-0.3, -0.25) is 0 Å². The molecule has 0 spiro atoms. The van der Waals surface area contributed by atoms with E-state index in [9.17, 15) is 5.11 Å². The summed E-state index contributed by atoms with van der Waals surface area (Å²) < 4.78 is 5.50. The van der Waals surface area contributed by atoms with Gasteiger partial charge in [-0.25, -0.2) is 9.97 Å². The maximum atomic E-state index is 9.26. The number of aromatic nitrogens is 2. The largest absolute Gasteiger partial charge is 0.496 e. The van der Waals surface area contributed by atoms with E-state index in [1.54, 1.807) is 7.11 Å². The van der Waals surface area contributed by atoms with Crippen LogP contribution >= 0.6 is 0 Å². The molecule has 1 aromatic heterocycles. The Morgan fingerprint density at radius 1 is 1.35 bits per heavy atom. The van der Waals surface area contributed by atoms with Gasteiger partial charge in [0.05, 0.1) is 7.11 Å². The molecule has 1 aliphatic carbocycles. The van der Waals surface area contributed by atoms with Crippen LogP contribution < -0.4 is 10.1 Å². The molecule has 1 unspecified atom stereocenters. The zero-order chi connectivity index (χ0) is 16.2. The molecule has 5 heteroatoms. The SMILES string of the molecule is COc1cccc2c1CCCC(Nc1cc(C)nc(CO)n1)C2. The number of ether oxygens (including phenoxy) is 1. The minimum absolute atomic E-state index is 0.138. The Morgan fingerprint density at radius 2 is 2.22 bits per heavy atom. The van der Waals surface area contributed by atoms with Crippen molar-refractivity contribution in [2.45, 2.75) is 45.3 Å². The summed E-state index contributed by atoms with van der Waals surface area (Å²) in [7, 11) is 1.73. The molecule has 0 amide bonds. The van der Waals surface area contributed by atoms with Crippen LogP contribution in [0.5, 0.6) is 5.75 Å². The highest BCUT2D eigenvalue weighted by Crippen LogP contribution is 2.29. The molecule has 1 atom stereocenters.